The number of carboxylic acid groups (broad SMARTS) is 1. The van der Waals surface area contributed by atoms with Crippen LogP contribution < -0.4 is 16.0 Å². The van der Waals surface area contributed by atoms with Crippen molar-refractivity contribution in [3.05, 3.63) is 78.5 Å². The Balaban J connectivity index is 1.60. The monoisotopic (exact) mass is 446 g/mol. The Bertz CT molecular complexity index is 1100. The molecule has 0 unspecified atom stereocenters. The molecule has 0 fully saturated rings. The Morgan fingerprint density at radius 2 is 1.55 bits per heavy atom. The Hall–Kier alpha value is -4.20. The molecule has 0 saturated heterocycles. The topological polar surface area (TPSA) is 120 Å². The van der Waals surface area contributed by atoms with E-state index in [2.05, 4.69) is 20.9 Å². The largest absolute Gasteiger partial charge is 0.480 e. The first-order chi connectivity index (χ1) is 15.8. The maximum Gasteiger partial charge on any atom is 0.326 e. The fourth-order valence-corrected chi connectivity index (χ4v) is 3.19. The molecule has 0 aliphatic heterocycles. The molecule has 0 aliphatic carbocycles. The lowest BCUT2D eigenvalue weighted by molar-refractivity contribution is -0.139. The predicted octanol–water partition coefficient (Wildman–Crippen LogP) is 4.62. The lowest BCUT2D eigenvalue weighted by atomic mass is 10.0. The van der Waals surface area contributed by atoms with Gasteiger partial charge in [-0.2, -0.15) is 0 Å². The minimum Gasteiger partial charge on any atom is -0.480 e. The molecule has 0 radical (unpaired) electrons. The van der Waals surface area contributed by atoms with Crippen molar-refractivity contribution in [3.63, 3.8) is 0 Å². The van der Waals surface area contributed by atoms with Crippen molar-refractivity contribution >= 4 is 29.4 Å². The molecule has 1 atom stereocenters. The number of aromatic nitrogens is 1. The number of urea groups is 1. The van der Waals surface area contributed by atoms with Crippen LogP contribution in [-0.2, 0) is 4.79 Å². The number of hydrogen-bond donors (Lipinski definition) is 4. The zero-order chi connectivity index (χ0) is 23.8. The van der Waals surface area contributed by atoms with E-state index in [1.807, 2.05) is 38.1 Å². The van der Waals surface area contributed by atoms with Crippen LogP contribution in [0.2, 0.25) is 0 Å². The zero-order valence-electron chi connectivity index (χ0n) is 18.4. The molecule has 3 amide bonds. The van der Waals surface area contributed by atoms with Gasteiger partial charge in [0, 0.05) is 23.0 Å². The maximum atomic E-state index is 12.4. The number of hydrogen-bond acceptors (Lipinski definition) is 4. The van der Waals surface area contributed by atoms with Crippen molar-refractivity contribution in [2.45, 2.75) is 26.3 Å². The molecule has 2 aromatic carbocycles. The van der Waals surface area contributed by atoms with Crippen LogP contribution in [0.25, 0.3) is 11.1 Å². The fourth-order valence-electron chi connectivity index (χ4n) is 3.19. The van der Waals surface area contributed by atoms with Gasteiger partial charge in [-0.25, -0.2) is 14.6 Å². The molecule has 1 aromatic heterocycles. The van der Waals surface area contributed by atoms with Gasteiger partial charge in [0.25, 0.3) is 5.91 Å². The van der Waals surface area contributed by atoms with Crippen LogP contribution in [0.3, 0.4) is 0 Å². The highest BCUT2D eigenvalue weighted by atomic mass is 16.4. The van der Waals surface area contributed by atoms with E-state index in [0.717, 1.165) is 11.1 Å². The van der Waals surface area contributed by atoms with Crippen LogP contribution in [0.4, 0.5) is 16.3 Å². The van der Waals surface area contributed by atoms with Gasteiger partial charge in [-0.1, -0.05) is 44.2 Å². The number of anilines is 2. The molecule has 8 nitrogen and oxygen atoms in total. The van der Waals surface area contributed by atoms with Gasteiger partial charge in [-0.05, 0) is 54.3 Å². The number of carbonyl (C=O) groups is 3. The van der Waals surface area contributed by atoms with E-state index in [-0.39, 0.29) is 5.92 Å². The number of para-hydroxylation sites is 1. The van der Waals surface area contributed by atoms with Crippen LogP contribution in [0.15, 0.2) is 72.9 Å². The molecular formula is C25H26N4O4. The van der Waals surface area contributed by atoms with Gasteiger partial charge in [0.2, 0.25) is 0 Å². The van der Waals surface area contributed by atoms with E-state index in [9.17, 15) is 19.5 Å². The third-order valence-corrected chi connectivity index (χ3v) is 4.83. The van der Waals surface area contributed by atoms with Crippen LogP contribution in [0.5, 0.6) is 0 Å². The summed E-state index contributed by atoms with van der Waals surface area (Å²) in [7, 11) is 0. The summed E-state index contributed by atoms with van der Waals surface area (Å²) in [6.07, 6.45) is 1.98. The summed E-state index contributed by atoms with van der Waals surface area (Å²) in [5.74, 6) is -0.946. The van der Waals surface area contributed by atoms with Gasteiger partial charge >= 0.3 is 12.0 Å². The molecule has 0 aliphatic rings. The van der Waals surface area contributed by atoms with E-state index in [1.54, 1.807) is 48.7 Å². The van der Waals surface area contributed by atoms with Crippen molar-refractivity contribution in [3.8, 4) is 11.1 Å². The second-order valence-corrected chi connectivity index (χ2v) is 7.95. The molecule has 8 heteroatoms. The van der Waals surface area contributed by atoms with Crippen LogP contribution in [0, 0.1) is 5.92 Å². The molecule has 4 N–H and O–H groups in total. The second kappa shape index (κ2) is 10.9. The van der Waals surface area contributed by atoms with Crippen molar-refractivity contribution in [2.24, 2.45) is 5.92 Å². The van der Waals surface area contributed by atoms with E-state index < -0.39 is 23.9 Å². The zero-order valence-corrected chi connectivity index (χ0v) is 18.4. The molecule has 3 rings (SSSR count). The molecule has 170 valence electrons. The van der Waals surface area contributed by atoms with E-state index >= 15 is 0 Å². The Morgan fingerprint density at radius 3 is 2.12 bits per heavy atom. The number of rotatable bonds is 8. The van der Waals surface area contributed by atoms with Crippen LogP contribution >= 0.6 is 0 Å². The predicted molar refractivity (Wildman–Crippen MR) is 127 cm³/mol. The summed E-state index contributed by atoms with van der Waals surface area (Å²) in [6, 6.07) is 18.1. The summed E-state index contributed by atoms with van der Waals surface area (Å²) in [5, 5.41) is 17.3. The van der Waals surface area contributed by atoms with E-state index in [4.69, 9.17) is 0 Å². The summed E-state index contributed by atoms with van der Waals surface area (Å²) in [6.45, 7) is 3.81. The van der Waals surface area contributed by atoms with E-state index in [1.165, 1.54) is 0 Å². The van der Waals surface area contributed by atoms with Gasteiger partial charge in [-0.3, -0.25) is 10.1 Å². The van der Waals surface area contributed by atoms with Crippen molar-refractivity contribution < 1.29 is 19.5 Å². The first-order valence-electron chi connectivity index (χ1n) is 10.5. The Labute approximate surface area is 192 Å². The summed E-state index contributed by atoms with van der Waals surface area (Å²) < 4.78 is 0. The van der Waals surface area contributed by atoms with Crippen molar-refractivity contribution in [1.82, 2.24) is 10.3 Å². The first kappa shape index (κ1) is 23.5. The molecule has 0 spiro atoms. The average Bonchev–Trinajstić information content (AvgIpc) is 2.79. The number of carboxylic acids is 1. The van der Waals surface area contributed by atoms with E-state index in [0.29, 0.717) is 23.5 Å². The molecule has 0 saturated carbocycles. The maximum absolute atomic E-state index is 12.4. The number of carbonyl (C=O) groups excluding carboxylic acids is 2. The van der Waals surface area contributed by atoms with Crippen molar-refractivity contribution in [2.75, 3.05) is 10.6 Å². The lowest BCUT2D eigenvalue weighted by Gasteiger charge is -2.16. The first-order valence-corrected chi connectivity index (χ1v) is 10.5. The highest BCUT2D eigenvalue weighted by Crippen LogP contribution is 2.20. The van der Waals surface area contributed by atoms with Gasteiger partial charge in [0.15, 0.2) is 0 Å². The second-order valence-electron chi connectivity index (χ2n) is 7.95. The summed E-state index contributed by atoms with van der Waals surface area (Å²) >= 11 is 0. The minimum absolute atomic E-state index is 0.142. The molecule has 1 heterocycles. The average molecular weight is 447 g/mol. The Kier molecular flexibility index (Phi) is 7.75. The smallest absolute Gasteiger partial charge is 0.326 e. The van der Waals surface area contributed by atoms with Gasteiger partial charge in [0.1, 0.15) is 11.9 Å². The fraction of sp³-hybridized carbons (Fsp3) is 0.200. The normalized spacial score (nSPS) is 11.5. The van der Waals surface area contributed by atoms with Gasteiger partial charge < -0.3 is 15.7 Å². The summed E-state index contributed by atoms with van der Waals surface area (Å²) in [5.41, 5.74) is 2.68. The highest BCUT2D eigenvalue weighted by Gasteiger charge is 2.21. The third-order valence-electron chi connectivity index (χ3n) is 4.83. The number of aliphatic carboxylic acids is 1. The number of pyridine rings is 1. The molecule has 3 aromatic rings. The standard InChI is InChI=1S/C25H26N4O4/c1-16(2)14-21(24(31)32)28-23(30)18-10-8-17(9-11-18)19-12-13-22(26-15-19)29-25(33)27-20-6-4-3-5-7-20/h3-13,15-16,21H,14H2,1-2H3,(H,28,30)(H,31,32)(H2,26,27,29,33)/t21-/m0/s1. The van der Waals surface area contributed by atoms with Crippen molar-refractivity contribution in [1.29, 1.82) is 0 Å². The minimum atomic E-state index is -1.05. The molecule has 33 heavy (non-hydrogen) atoms. The summed E-state index contributed by atoms with van der Waals surface area (Å²) in [4.78, 5) is 40.2. The van der Waals surface area contributed by atoms with Gasteiger partial charge in [-0.15, -0.1) is 0 Å². The molecule has 0 bridgehead atoms. The Morgan fingerprint density at radius 1 is 0.879 bits per heavy atom. The van der Waals surface area contributed by atoms with Crippen LogP contribution in [-0.4, -0.2) is 34.0 Å². The van der Waals surface area contributed by atoms with Crippen LogP contribution in [0.1, 0.15) is 30.6 Å². The number of nitrogens with one attached hydrogen (secondary N) is 3. The number of amides is 3. The molecular weight excluding hydrogens is 420 g/mol. The number of nitrogens with zero attached hydrogens (tertiary/aromatic N) is 1. The lowest BCUT2D eigenvalue weighted by Crippen LogP contribution is -2.41. The third kappa shape index (κ3) is 6.90. The SMILES string of the molecule is CC(C)C[C@H](NC(=O)c1ccc(-c2ccc(NC(=O)Nc3ccccc3)nc2)cc1)C(=O)O. The number of benzene rings is 2. The quantitative estimate of drug-likeness (QED) is 0.402. The highest BCUT2D eigenvalue weighted by molar-refractivity contribution is 5.99. The van der Waals surface area contributed by atoms with Gasteiger partial charge in [0.05, 0.1) is 0 Å².